The number of amides is 1. The number of carbonyl (C=O) groups is 2. The Morgan fingerprint density at radius 1 is 0.925 bits per heavy atom. The molecule has 1 N–H and O–H groups in total. The Morgan fingerprint density at radius 3 is 2.05 bits per heavy atom. The van der Waals surface area contributed by atoms with E-state index in [0.29, 0.717) is 13.0 Å². The standard InChI is InChI=1S/C32H52N2O5Si/c1-29(2,3)38-27(35)33-24(18-19-32(10,11)22-37-40(12,13)31(7,8)9)20-23-21-34(28(36)39-30(4,5)6)26-17-15-14-16-25(23)26/h14-19,21,24H,20,22H2,1-13H3,(H,33,35)/b19-18+. The van der Waals surface area contributed by atoms with Crippen LogP contribution in [0.1, 0.15) is 81.7 Å². The van der Waals surface area contributed by atoms with Crippen LogP contribution < -0.4 is 5.32 Å². The number of carbonyl (C=O) groups excluding carboxylic acids is 2. The molecule has 0 bridgehead atoms. The molecule has 224 valence electrons. The van der Waals surface area contributed by atoms with Crippen LogP contribution in [0.2, 0.25) is 18.1 Å². The Labute approximate surface area is 242 Å². The predicted octanol–water partition coefficient (Wildman–Crippen LogP) is 8.46. The average molecular weight is 573 g/mol. The predicted molar refractivity (Wildman–Crippen MR) is 167 cm³/mol. The fourth-order valence-electron chi connectivity index (χ4n) is 3.75. The van der Waals surface area contributed by atoms with Gasteiger partial charge in [-0.05, 0) is 77.7 Å². The molecule has 2 aromatic rings. The molecule has 7 nitrogen and oxygen atoms in total. The molecule has 1 aromatic carbocycles. The second-order valence-electron chi connectivity index (χ2n) is 14.9. The highest BCUT2D eigenvalue weighted by Gasteiger charge is 2.38. The molecule has 1 heterocycles. The summed E-state index contributed by atoms with van der Waals surface area (Å²) in [4.78, 5) is 25.8. The Kier molecular flexibility index (Phi) is 10.2. The summed E-state index contributed by atoms with van der Waals surface area (Å²) >= 11 is 0. The van der Waals surface area contributed by atoms with Gasteiger partial charge in [-0.25, -0.2) is 9.59 Å². The number of alkyl carbamates (subject to hydrolysis) is 1. The van der Waals surface area contributed by atoms with Crippen LogP contribution in [-0.2, 0) is 20.3 Å². The van der Waals surface area contributed by atoms with Crippen molar-refractivity contribution in [3.63, 3.8) is 0 Å². The molecular weight excluding hydrogens is 520 g/mol. The number of fused-ring (bicyclic) bond motifs is 1. The van der Waals surface area contributed by atoms with Crippen LogP contribution in [0, 0.1) is 5.41 Å². The first kappa shape index (κ1) is 33.6. The van der Waals surface area contributed by atoms with Crippen molar-refractivity contribution in [2.24, 2.45) is 5.41 Å². The highest BCUT2D eigenvalue weighted by Crippen LogP contribution is 2.37. The number of hydrogen-bond acceptors (Lipinski definition) is 5. The van der Waals surface area contributed by atoms with Crippen molar-refractivity contribution in [3.05, 3.63) is 48.2 Å². The van der Waals surface area contributed by atoms with Gasteiger partial charge in [0.25, 0.3) is 0 Å². The number of aromatic nitrogens is 1. The third-order valence-corrected chi connectivity index (χ3v) is 11.4. The zero-order chi connectivity index (χ0) is 30.7. The van der Waals surface area contributed by atoms with E-state index < -0.39 is 31.7 Å². The fourth-order valence-corrected chi connectivity index (χ4v) is 4.91. The minimum atomic E-state index is -1.91. The van der Waals surface area contributed by atoms with Crippen LogP contribution in [0.3, 0.4) is 0 Å². The lowest BCUT2D eigenvalue weighted by molar-refractivity contribution is 0.0508. The van der Waals surface area contributed by atoms with E-state index in [1.807, 2.05) is 78.1 Å². The van der Waals surface area contributed by atoms with Gasteiger partial charge in [-0.3, -0.25) is 4.57 Å². The highest BCUT2D eigenvalue weighted by molar-refractivity contribution is 6.74. The van der Waals surface area contributed by atoms with Crippen molar-refractivity contribution in [1.29, 1.82) is 0 Å². The fraction of sp³-hybridized carbons (Fsp3) is 0.625. The average Bonchev–Trinajstić information content (AvgIpc) is 3.12. The second-order valence-corrected chi connectivity index (χ2v) is 19.7. The molecule has 1 unspecified atom stereocenters. The molecular formula is C32H52N2O5Si. The van der Waals surface area contributed by atoms with Crippen LogP contribution in [-0.4, -0.2) is 48.9 Å². The van der Waals surface area contributed by atoms with Crippen LogP contribution >= 0.6 is 0 Å². The van der Waals surface area contributed by atoms with E-state index in [1.165, 1.54) is 0 Å². The van der Waals surface area contributed by atoms with E-state index in [2.05, 4.69) is 59.1 Å². The van der Waals surface area contributed by atoms with Crippen molar-refractivity contribution < 1.29 is 23.5 Å². The molecule has 8 heteroatoms. The lowest BCUT2D eigenvalue weighted by atomic mass is 9.92. The first-order chi connectivity index (χ1) is 18.0. The monoisotopic (exact) mass is 572 g/mol. The highest BCUT2D eigenvalue weighted by atomic mass is 28.4. The molecule has 0 spiro atoms. The third-order valence-electron chi connectivity index (χ3n) is 6.92. The third kappa shape index (κ3) is 10.1. The summed E-state index contributed by atoms with van der Waals surface area (Å²) < 4.78 is 19.3. The molecule has 0 radical (unpaired) electrons. The Morgan fingerprint density at radius 2 is 1.50 bits per heavy atom. The first-order valence-electron chi connectivity index (χ1n) is 14.1. The number of rotatable bonds is 8. The Bertz CT molecular complexity index is 1210. The molecule has 1 atom stereocenters. The number of nitrogens with one attached hydrogen (secondary N) is 1. The molecule has 40 heavy (non-hydrogen) atoms. The maximum Gasteiger partial charge on any atom is 0.419 e. The van der Waals surface area contributed by atoms with Crippen molar-refractivity contribution in [2.45, 2.75) is 118 Å². The number of benzene rings is 1. The topological polar surface area (TPSA) is 78.8 Å². The molecule has 1 amide bonds. The SMILES string of the molecule is CC(C)(/C=C/C(Cc1cn(C(=O)OC(C)(C)C)c2ccccc12)NC(=O)OC(C)(C)C)CO[Si](C)(C)C(C)(C)C. The maximum atomic E-state index is 13.0. The molecule has 0 saturated carbocycles. The summed E-state index contributed by atoms with van der Waals surface area (Å²) in [6, 6.07) is 7.35. The van der Waals surface area contributed by atoms with Crippen LogP contribution in [0.15, 0.2) is 42.6 Å². The minimum Gasteiger partial charge on any atom is -0.444 e. The van der Waals surface area contributed by atoms with Crippen molar-refractivity contribution in [3.8, 4) is 0 Å². The van der Waals surface area contributed by atoms with Gasteiger partial charge in [-0.1, -0.05) is 65.0 Å². The summed E-state index contributed by atoms with van der Waals surface area (Å²) in [5.41, 5.74) is 0.178. The Hall–Kier alpha value is -2.58. The Balaban J connectivity index is 2.39. The minimum absolute atomic E-state index is 0.121. The molecule has 0 aliphatic heterocycles. The molecule has 0 saturated heterocycles. The number of para-hydroxylation sites is 1. The van der Waals surface area contributed by atoms with E-state index in [4.69, 9.17) is 13.9 Å². The molecule has 2 rings (SSSR count). The van der Waals surface area contributed by atoms with E-state index in [1.54, 1.807) is 4.57 Å². The van der Waals surface area contributed by atoms with Gasteiger partial charge in [-0.15, -0.1) is 0 Å². The van der Waals surface area contributed by atoms with Gasteiger partial charge in [-0.2, -0.15) is 0 Å². The smallest absolute Gasteiger partial charge is 0.419 e. The van der Waals surface area contributed by atoms with Gasteiger partial charge < -0.3 is 19.2 Å². The van der Waals surface area contributed by atoms with E-state index in [0.717, 1.165) is 16.5 Å². The molecule has 0 fully saturated rings. The summed E-state index contributed by atoms with van der Waals surface area (Å²) in [7, 11) is -1.91. The maximum absolute atomic E-state index is 13.0. The number of nitrogens with zero attached hydrogens (tertiary/aromatic N) is 1. The van der Waals surface area contributed by atoms with Gasteiger partial charge in [0.05, 0.1) is 11.6 Å². The van der Waals surface area contributed by atoms with Crippen LogP contribution in [0.5, 0.6) is 0 Å². The lowest BCUT2D eigenvalue weighted by Crippen LogP contribution is -2.43. The largest absolute Gasteiger partial charge is 0.444 e. The second kappa shape index (κ2) is 12.1. The number of ether oxygens (including phenoxy) is 2. The van der Waals surface area contributed by atoms with Gasteiger partial charge >= 0.3 is 12.2 Å². The summed E-state index contributed by atoms with van der Waals surface area (Å²) in [6.45, 7) is 27.1. The summed E-state index contributed by atoms with van der Waals surface area (Å²) in [5, 5.41) is 4.08. The molecule has 0 aliphatic rings. The quantitative estimate of drug-likeness (QED) is 0.254. The van der Waals surface area contributed by atoms with Gasteiger partial charge in [0, 0.05) is 23.6 Å². The first-order valence-corrected chi connectivity index (χ1v) is 17.1. The van der Waals surface area contributed by atoms with E-state index in [9.17, 15) is 9.59 Å². The number of hydrogen-bond donors (Lipinski definition) is 1. The zero-order valence-corrected chi connectivity index (χ0v) is 28.0. The van der Waals surface area contributed by atoms with Crippen LogP contribution in [0.4, 0.5) is 9.59 Å². The van der Waals surface area contributed by atoms with Gasteiger partial charge in [0.15, 0.2) is 8.32 Å². The van der Waals surface area contributed by atoms with Crippen molar-refractivity contribution in [1.82, 2.24) is 9.88 Å². The van der Waals surface area contributed by atoms with Gasteiger partial charge in [0.1, 0.15) is 11.2 Å². The molecule has 0 aliphatic carbocycles. The lowest BCUT2D eigenvalue weighted by Gasteiger charge is -2.38. The zero-order valence-electron chi connectivity index (χ0n) is 27.0. The molecule has 1 aromatic heterocycles. The summed E-state index contributed by atoms with van der Waals surface area (Å²) in [6.07, 6.45) is 5.46. The van der Waals surface area contributed by atoms with E-state index in [-0.39, 0.29) is 16.5 Å². The van der Waals surface area contributed by atoms with Crippen LogP contribution in [0.25, 0.3) is 10.9 Å². The van der Waals surface area contributed by atoms with E-state index >= 15 is 0 Å². The summed E-state index contributed by atoms with van der Waals surface area (Å²) in [5.74, 6) is 0. The van der Waals surface area contributed by atoms with Gasteiger partial charge in [0.2, 0.25) is 0 Å². The van der Waals surface area contributed by atoms with Crippen molar-refractivity contribution in [2.75, 3.05) is 6.61 Å². The van der Waals surface area contributed by atoms with Crippen molar-refractivity contribution >= 4 is 31.4 Å². The normalized spacial score (nSPS) is 14.4.